The van der Waals surface area contributed by atoms with Crippen LogP contribution < -0.4 is 5.32 Å². The molecule has 2 aromatic rings. The molecule has 208 valence electrons. The Labute approximate surface area is 225 Å². The predicted octanol–water partition coefficient (Wildman–Crippen LogP) is 3.10. The molecule has 2 saturated heterocycles. The summed E-state index contributed by atoms with van der Waals surface area (Å²) in [5.74, 6) is 0.0110. The Morgan fingerprint density at radius 1 is 1.11 bits per heavy atom. The number of rotatable bonds is 11. The van der Waals surface area contributed by atoms with E-state index in [1.165, 1.54) is 16.4 Å². The van der Waals surface area contributed by atoms with Crippen molar-refractivity contribution < 1.29 is 32.5 Å². The molecule has 0 saturated carbocycles. The topological polar surface area (TPSA) is 114 Å². The first-order valence-electron chi connectivity index (χ1n) is 13.1. The first-order valence-corrected chi connectivity index (χ1v) is 14.6. The standard InChI is InChI=1S/C28H38N2O7S/c1-19(2)16-30(38(33,34)22-7-5-4-6-8-22)17-25(31)24(15-21-11-9-20(3)10-12-21)29-28(32)37-26-18-36-27-23(26)13-14-35-27/h4-12,19,23-27,31H,13-18H2,1-3H3,(H,29,32). The molecule has 0 radical (unpaired) electrons. The fourth-order valence-electron chi connectivity index (χ4n) is 4.89. The summed E-state index contributed by atoms with van der Waals surface area (Å²) in [6.07, 6.45) is -1.61. The summed E-state index contributed by atoms with van der Waals surface area (Å²) < 4.78 is 44.9. The van der Waals surface area contributed by atoms with Crippen LogP contribution in [-0.2, 0) is 30.7 Å². The number of aliphatic hydroxyl groups excluding tert-OH is 1. The van der Waals surface area contributed by atoms with E-state index in [0.29, 0.717) is 13.0 Å². The summed E-state index contributed by atoms with van der Waals surface area (Å²) in [5.41, 5.74) is 1.99. The largest absolute Gasteiger partial charge is 0.443 e. The minimum Gasteiger partial charge on any atom is -0.443 e. The predicted molar refractivity (Wildman–Crippen MR) is 142 cm³/mol. The third-order valence-corrected chi connectivity index (χ3v) is 8.77. The highest BCUT2D eigenvalue weighted by molar-refractivity contribution is 7.89. The first-order chi connectivity index (χ1) is 18.1. The Kier molecular flexibility index (Phi) is 9.43. The lowest BCUT2D eigenvalue weighted by Crippen LogP contribution is -2.51. The van der Waals surface area contributed by atoms with Crippen molar-refractivity contribution in [3.63, 3.8) is 0 Å². The van der Waals surface area contributed by atoms with E-state index in [2.05, 4.69) is 5.32 Å². The van der Waals surface area contributed by atoms with E-state index in [1.807, 2.05) is 45.0 Å². The van der Waals surface area contributed by atoms with Crippen molar-refractivity contribution >= 4 is 16.1 Å². The van der Waals surface area contributed by atoms with Gasteiger partial charge in [-0.05, 0) is 43.4 Å². The van der Waals surface area contributed by atoms with Crippen LogP contribution in [0.2, 0.25) is 0 Å². The summed E-state index contributed by atoms with van der Waals surface area (Å²) in [6, 6.07) is 15.2. The van der Waals surface area contributed by atoms with Crippen molar-refractivity contribution in [1.82, 2.24) is 9.62 Å². The highest BCUT2D eigenvalue weighted by Gasteiger charge is 2.44. The second-order valence-corrected chi connectivity index (χ2v) is 12.4. The van der Waals surface area contributed by atoms with Gasteiger partial charge in [0.15, 0.2) is 6.29 Å². The van der Waals surface area contributed by atoms with Gasteiger partial charge in [-0.15, -0.1) is 0 Å². The van der Waals surface area contributed by atoms with Crippen LogP contribution >= 0.6 is 0 Å². The molecule has 0 aromatic heterocycles. The summed E-state index contributed by atoms with van der Waals surface area (Å²) in [7, 11) is -3.86. The van der Waals surface area contributed by atoms with Crippen LogP contribution in [0.1, 0.15) is 31.4 Å². The number of sulfonamides is 1. The molecule has 0 aliphatic carbocycles. The van der Waals surface area contributed by atoms with Gasteiger partial charge in [0.05, 0.1) is 36.2 Å². The van der Waals surface area contributed by atoms with Gasteiger partial charge in [-0.3, -0.25) is 0 Å². The molecule has 38 heavy (non-hydrogen) atoms. The number of alkyl carbamates (subject to hydrolysis) is 1. The molecule has 0 spiro atoms. The average Bonchev–Trinajstić information content (AvgIpc) is 3.50. The number of nitrogens with one attached hydrogen (secondary N) is 1. The molecule has 0 bridgehead atoms. The van der Waals surface area contributed by atoms with Crippen LogP contribution in [0.3, 0.4) is 0 Å². The Hall–Kier alpha value is -2.50. The minimum atomic E-state index is -3.86. The van der Waals surface area contributed by atoms with Gasteiger partial charge in [-0.1, -0.05) is 61.9 Å². The second-order valence-electron chi connectivity index (χ2n) is 10.5. The number of carbonyl (C=O) groups is 1. The maximum absolute atomic E-state index is 13.5. The van der Waals surface area contributed by atoms with E-state index >= 15 is 0 Å². The third kappa shape index (κ3) is 7.12. The number of carbonyl (C=O) groups excluding carboxylic acids is 1. The zero-order valence-corrected chi connectivity index (χ0v) is 23.0. The summed E-state index contributed by atoms with van der Waals surface area (Å²) >= 11 is 0. The van der Waals surface area contributed by atoms with Gasteiger partial charge in [0.2, 0.25) is 10.0 Å². The van der Waals surface area contributed by atoms with Crippen molar-refractivity contribution in [2.45, 2.75) is 63.0 Å². The van der Waals surface area contributed by atoms with Crippen molar-refractivity contribution in [2.24, 2.45) is 11.8 Å². The molecule has 4 rings (SSSR count). The van der Waals surface area contributed by atoms with Crippen molar-refractivity contribution in [3.05, 3.63) is 65.7 Å². The quantitative estimate of drug-likeness (QED) is 0.445. The van der Waals surface area contributed by atoms with Gasteiger partial charge < -0.3 is 24.6 Å². The summed E-state index contributed by atoms with van der Waals surface area (Å²) in [4.78, 5) is 13.1. The molecule has 10 heteroatoms. The maximum Gasteiger partial charge on any atom is 0.407 e. The molecule has 2 fully saturated rings. The highest BCUT2D eigenvalue weighted by Crippen LogP contribution is 2.33. The fourth-order valence-corrected chi connectivity index (χ4v) is 6.53. The lowest BCUT2D eigenvalue weighted by molar-refractivity contribution is -0.0907. The molecule has 5 unspecified atom stereocenters. The Morgan fingerprint density at radius 3 is 2.50 bits per heavy atom. The van der Waals surface area contributed by atoms with Crippen LogP contribution in [0.4, 0.5) is 4.79 Å². The number of hydrogen-bond acceptors (Lipinski definition) is 7. The molecular weight excluding hydrogens is 508 g/mol. The Bertz CT molecular complexity index is 1160. The number of hydrogen-bond donors (Lipinski definition) is 2. The van der Waals surface area contributed by atoms with Gasteiger partial charge in [-0.2, -0.15) is 4.31 Å². The Morgan fingerprint density at radius 2 is 1.82 bits per heavy atom. The number of aliphatic hydroxyl groups is 1. The lowest BCUT2D eigenvalue weighted by atomic mass is 10.00. The van der Waals surface area contributed by atoms with E-state index in [4.69, 9.17) is 14.2 Å². The maximum atomic E-state index is 13.5. The van der Waals surface area contributed by atoms with Gasteiger partial charge in [-0.25, -0.2) is 13.2 Å². The van der Waals surface area contributed by atoms with Crippen LogP contribution in [0.15, 0.2) is 59.5 Å². The third-order valence-electron chi connectivity index (χ3n) is 6.93. The molecule has 2 heterocycles. The molecule has 2 aromatic carbocycles. The van der Waals surface area contributed by atoms with E-state index < -0.39 is 34.4 Å². The highest BCUT2D eigenvalue weighted by atomic mass is 32.2. The molecule has 2 N–H and O–H groups in total. The molecular formula is C28H38N2O7S. The normalized spacial score (nSPS) is 22.8. The van der Waals surface area contributed by atoms with E-state index in [-0.39, 0.29) is 42.7 Å². The van der Waals surface area contributed by atoms with Gasteiger partial charge >= 0.3 is 6.09 Å². The smallest absolute Gasteiger partial charge is 0.407 e. The molecule has 5 atom stereocenters. The number of fused-ring (bicyclic) bond motifs is 1. The number of ether oxygens (including phenoxy) is 3. The molecule has 9 nitrogen and oxygen atoms in total. The zero-order valence-electron chi connectivity index (χ0n) is 22.2. The molecule has 2 aliphatic heterocycles. The molecule has 1 amide bonds. The SMILES string of the molecule is Cc1ccc(CC(NC(=O)OC2COC3OCCC23)C(O)CN(CC(C)C)S(=O)(=O)c2ccccc2)cc1. The number of amides is 1. The van der Waals surface area contributed by atoms with Crippen molar-refractivity contribution in [1.29, 1.82) is 0 Å². The van der Waals surface area contributed by atoms with Crippen molar-refractivity contribution in [3.8, 4) is 0 Å². The monoisotopic (exact) mass is 546 g/mol. The average molecular weight is 547 g/mol. The summed E-state index contributed by atoms with van der Waals surface area (Å²) in [6.45, 7) is 6.67. The second kappa shape index (κ2) is 12.6. The number of aryl methyl sites for hydroxylation is 1. The Balaban J connectivity index is 1.51. The van der Waals surface area contributed by atoms with Crippen molar-refractivity contribution in [2.75, 3.05) is 26.3 Å². The van der Waals surface area contributed by atoms with E-state index in [9.17, 15) is 18.3 Å². The molecule has 2 aliphatic rings. The van der Waals surface area contributed by atoms with Gasteiger partial charge in [0, 0.05) is 13.1 Å². The fraction of sp³-hybridized carbons (Fsp3) is 0.536. The van der Waals surface area contributed by atoms with Crippen LogP contribution in [0.25, 0.3) is 0 Å². The van der Waals surface area contributed by atoms with Crippen LogP contribution in [0, 0.1) is 18.8 Å². The number of benzene rings is 2. The van der Waals surface area contributed by atoms with Gasteiger partial charge in [0.25, 0.3) is 0 Å². The van der Waals surface area contributed by atoms with Crippen LogP contribution in [-0.4, -0.2) is 74.8 Å². The number of nitrogens with zero attached hydrogens (tertiary/aromatic N) is 1. The minimum absolute atomic E-state index is 0.0150. The van der Waals surface area contributed by atoms with Gasteiger partial charge in [0.1, 0.15) is 6.10 Å². The van der Waals surface area contributed by atoms with Crippen LogP contribution in [0.5, 0.6) is 0 Å². The first kappa shape index (κ1) is 28.5. The van der Waals surface area contributed by atoms with E-state index in [0.717, 1.165) is 17.5 Å². The van der Waals surface area contributed by atoms with E-state index in [1.54, 1.807) is 18.2 Å². The summed E-state index contributed by atoms with van der Waals surface area (Å²) in [5, 5.41) is 14.2. The lowest BCUT2D eigenvalue weighted by Gasteiger charge is -2.31. The zero-order chi connectivity index (χ0) is 27.3.